The number of nitro groups is 1. The highest BCUT2D eigenvalue weighted by Crippen LogP contribution is 2.31. The van der Waals surface area contributed by atoms with Gasteiger partial charge in [-0.15, -0.1) is 0 Å². The van der Waals surface area contributed by atoms with Crippen molar-refractivity contribution in [1.29, 1.82) is 0 Å². The molecule has 3 aromatic rings. The number of benzene rings is 3. The molecule has 0 unspecified atom stereocenters. The summed E-state index contributed by atoms with van der Waals surface area (Å²) in [5.41, 5.74) is 2.27. The predicted octanol–water partition coefficient (Wildman–Crippen LogP) is 4.32. The second-order valence-electron chi connectivity index (χ2n) is 6.89. The van der Waals surface area contributed by atoms with Crippen molar-refractivity contribution >= 4 is 11.6 Å². The lowest BCUT2D eigenvalue weighted by Gasteiger charge is -2.18. The molecular weight excluding hydrogens is 396 g/mol. The van der Waals surface area contributed by atoms with Crippen LogP contribution in [0.15, 0.2) is 78.9 Å². The molecule has 31 heavy (non-hydrogen) atoms. The van der Waals surface area contributed by atoms with Crippen molar-refractivity contribution in [3.05, 3.63) is 100 Å². The SMILES string of the molecule is COc1cc([N+](=O)[O-])ccc1OCC(=O)NCCC(c1ccccc1)c1ccccc1. The quantitative estimate of drug-likeness (QED) is 0.390. The topological polar surface area (TPSA) is 90.7 Å². The van der Waals surface area contributed by atoms with E-state index in [9.17, 15) is 14.9 Å². The molecule has 0 aliphatic heterocycles. The maximum Gasteiger partial charge on any atom is 0.273 e. The number of hydrogen-bond donors (Lipinski definition) is 1. The molecule has 1 N–H and O–H groups in total. The zero-order valence-electron chi connectivity index (χ0n) is 17.2. The van der Waals surface area contributed by atoms with Crippen LogP contribution in [-0.4, -0.2) is 31.1 Å². The minimum Gasteiger partial charge on any atom is -0.493 e. The fraction of sp³-hybridized carbons (Fsp3) is 0.208. The number of amides is 1. The van der Waals surface area contributed by atoms with Gasteiger partial charge in [0.15, 0.2) is 18.1 Å². The predicted molar refractivity (Wildman–Crippen MR) is 117 cm³/mol. The summed E-state index contributed by atoms with van der Waals surface area (Å²) in [5.74, 6) is 0.364. The molecule has 0 aromatic heterocycles. The summed E-state index contributed by atoms with van der Waals surface area (Å²) in [7, 11) is 1.39. The van der Waals surface area contributed by atoms with Gasteiger partial charge in [-0.2, -0.15) is 0 Å². The molecule has 3 aromatic carbocycles. The first-order valence-electron chi connectivity index (χ1n) is 9.90. The first-order chi connectivity index (χ1) is 15.1. The number of nitro benzene ring substituents is 1. The monoisotopic (exact) mass is 420 g/mol. The number of carbonyl (C=O) groups is 1. The van der Waals surface area contributed by atoms with E-state index in [1.54, 1.807) is 0 Å². The summed E-state index contributed by atoms with van der Waals surface area (Å²) in [6, 6.07) is 24.3. The van der Waals surface area contributed by atoms with E-state index in [1.807, 2.05) is 36.4 Å². The van der Waals surface area contributed by atoms with Gasteiger partial charge in [-0.25, -0.2) is 0 Å². The maximum absolute atomic E-state index is 12.3. The van der Waals surface area contributed by atoms with Crippen molar-refractivity contribution in [1.82, 2.24) is 5.32 Å². The van der Waals surface area contributed by atoms with E-state index in [0.717, 1.165) is 6.42 Å². The van der Waals surface area contributed by atoms with Crippen LogP contribution >= 0.6 is 0 Å². The third kappa shape index (κ3) is 6.05. The molecule has 0 fully saturated rings. The van der Waals surface area contributed by atoms with Crippen LogP contribution in [0.4, 0.5) is 5.69 Å². The molecule has 0 aliphatic carbocycles. The molecule has 0 saturated carbocycles. The fourth-order valence-electron chi connectivity index (χ4n) is 3.34. The van der Waals surface area contributed by atoms with Crippen molar-refractivity contribution in [2.75, 3.05) is 20.3 Å². The van der Waals surface area contributed by atoms with Gasteiger partial charge in [0.1, 0.15) is 0 Å². The summed E-state index contributed by atoms with van der Waals surface area (Å²) < 4.78 is 10.6. The Bertz CT molecular complexity index is 969. The van der Waals surface area contributed by atoms with Crippen LogP contribution in [0.3, 0.4) is 0 Å². The number of carbonyl (C=O) groups excluding carboxylic acids is 1. The highest BCUT2D eigenvalue weighted by molar-refractivity contribution is 5.77. The van der Waals surface area contributed by atoms with Gasteiger partial charge in [0.05, 0.1) is 18.1 Å². The Morgan fingerprint density at radius 2 is 1.58 bits per heavy atom. The van der Waals surface area contributed by atoms with Crippen molar-refractivity contribution in [2.24, 2.45) is 0 Å². The molecule has 7 heteroatoms. The molecule has 3 rings (SSSR count). The zero-order chi connectivity index (χ0) is 22.1. The molecule has 0 atom stereocenters. The van der Waals surface area contributed by atoms with Crippen molar-refractivity contribution in [2.45, 2.75) is 12.3 Å². The van der Waals surface area contributed by atoms with Gasteiger partial charge in [-0.3, -0.25) is 14.9 Å². The standard InChI is InChI=1S/C24H24N2O5/c1-30-23-16-20(26(28)29)12-13-22(23)31-17-24(27)25-15-14-21(18-8-4-2-5-9-18)19-10-6-3-7-11-19/h2-13,16,21H,14-15,17H2,1H3,(H,25,27). The van der Waals surface area contributed by atoms with Crippen LogP contribution in [0.5, 0.6) is 11.5 Å². The summed E-state index contributed by atoms with van der Waals surface area (Å²) in [4.78, 5) is 22.6. The van der Waals surface area contributed by atoms with E-state index in [-0.39, 0.29) is 35.6 Å². The van der Waals surface area contributed by atoms with Crippen LogP contribution in [-0.2, 0) is 4.79 Å². The minimum absolute atomic E-state index is 0.110. The highest BCUT2D eigenvalue weighted by atomic mass is 16.6. The third-order valence-corrected chi connectivity index (χ3v) is 4.88. The molecule has 1 amide bonds. The van der Waals surface area contributed by atoms with Gasteiger partial charge in [0, 0.05) is 18.5 Å². The average molecular weight is 420 g/mol. The number of hydrogen-bond acceptors (Lipinski definition) is 5. The van der Waals surface area contributed by atoms with Gasteiger partial charge >= 0.3 is 0 Å². The first kappa shape index (κ1) is 21.8. The first-order valence-corrected chi connectivity index (χ1v) is 9.90. The fourth-order valence-corrected chi connectivity index (χ4v) is 3.34. The van der Waals surface area contributed by atoms with Crippen LogP contribution < -0.4 is 14.8 Å². The van der Waals surface area contributed by atoms with E-state index in [4.69, 9.17) is 9.47 Å². The second kappa shape index (κ2) is 10.8. The summed E-state index contributed by atoms with van der Waals surface area (Å²) in [6.07, 6.45) is 0.737. The minimum atomic E-state index is -0.519. The number of methoxy groups -OCH3 is 1. The van der Waals surface area contributed by atoms with Gasteiger partial charge < -0.3 is 14.8 Å². The largest absolute Gasteiger partial charge is 0.493 e. The van der Waals surface area contributed by atoms with E-state index in [0.29, 0.717) is 6.54 Å². The molecule has 160 valence electrons. The third-order valence-electron chi connectivity index (χ3n) is 4.88. The molecule has 0 radical (unpaired) electrons. The lowest BCUT2D eigenvalue weighted by Crippen LogP contribution is -2.30. The maximum atomic E-state index is 12.3. The van der Waals surface area contributed by atoms with E-state index in [2.05, 4.69) is 29.6 Å². The van der Waals surface area contributed by atoms with E-state index < -0.39 is 4.92 Å². The van der Waals surface area contributed by atoms with Crippen LogP contribution in [0.25, 0.3) is 0 Å². The van der Waals surface area contributed by atoms with Gasteiger partial charge in [0.25, 0.3) is 11.6 Å². The molecule has 7 nitrogen and oxygen atoms in total. The summed E-state index contributed by atoms with van der Waals surface area (Å²) in [5, 5.41) is 13.7. The number of rotatable bonds is 10. The molecule has 0 aliphatic rings. The van der Waals surface area contributed by atoms with Gasteiger partial charge in [0.2, 0.25) is 0 Å². The average Bonchev–Trinajstić information content (AvgIpc) is 2.81. The Morgan fingerprint density at radius 1 is 0.968 bits per heavy atom. The smallest absolute Gasteiger partial charge is 0.273 e. The van der Waals surface area contributed by atoms with Gasteiger partial charge in [-0.05, 0) is 23.6 Å². The molecule has 0 saturated heterocycles. The highest BCUT2D eigenvalue weighted by Gasteiger charge is 2.16. The number of ether oxygens (including phenoxy) is 2. The Labute approximate surface area is 180 Å². The molecule has 0 spiro atoms. The lowest BCUT2D eigenvalue weighted by molar-refractivity contribution is -0.384. The Balaban J connectivity index is 1.56. The zero-order valence-corrected chi connectivity index (χ0v) is 17.2. The normalized spacial score (nSPS) is 10.5. The van der Waals surface area contributed by atoms with E-state index >= 15 is 0 Å². The van der Waals surface area contributed by atoms with Crippen LogP contribution in [0.2, 0.25) is 0 Å². The Hall–Kier alpha value is -3.87. The Kier molecular flexibility index (Phi) is 7.59. The number of nitrogens with one attached hydrogen (secondary N) is 1. The lowest BCUT2D eigenvalue weighted by atomic mass is 9.88. The molecule has 0 heterocycles. The number of nitrogens with zero attached hydrogens (tertiary/aromatic N) is 1. The molecular formula is C24H24N2O5. The van der Waals surface area contributed by atoms with Crippen molar-refractivity contribution in [3.63, 3.8) is 0 Å². The summed E-state index contributed by atoms with van der Waals surface area (Å²) >= 11 is 0. The Morgan fingerprint density at radius 3 is 2.13 bits per heavy atom. The van der Waals surface area contributed by atoms with Crippen molar-refractivity contribution < 1.29 is 19.2 Å². The van der Waals surface area contributed by atoms with Crippen molar-refractivity contribution in [3.8, 4) is 11.5 Å². The van der Waals surface area contributed by atoms with Gasteiger partial charge in [-0.1, -0.05) is 60.7 Å². The van der Waals surface area contributed by atoms with Crippen LogP contribution in [0.1, 0.15) is 23.5 Å². The van der Waals surface area contributed by atoms with E-state index in [1.165, 1.54) is 36.4 Å². The number of non-ortho nitro benzene ring substituents is 1. The van der Waals surface area contributed by atoms with Crippen LogP contribution in [0, 0.1) is 10.1 Å². The molecule has 0 bridgehead atoms. The second-order valence-corrected chi connectivity index (χ2v) is 6.89. The summed E-state index contributed by atoms with van der Waals surface area (Å²) in [6.45, 7) is 0.267.